The summed E-state index contributed by atoms with van der Waals surface area (Å²) in [7, 11) is -0.908. The Kier molecular flexibility index (Phi) is 4.82. The van der Waals surface area contributed by atoms with Crippen LogP contribution in [-0.4, -0.2) is 38.8 Å². The highest BCUT2D eigenvalue weighted by Gasteiger charge is 2.53. The maximum Gasteiger partial charge on any atom is 0.254 e. The van der Waals surface area contributed by atoms with Crippen molar-refractivity contribution >= 4 is 15.9 Å². The van der Waals surface area contributed by atoms with Gasteiger partial charge in [0, 0.05) is 20.1 Å². The molecule has 4 saturated carbocycles. The second-order valence-electron chi connectivity index (χ2n) is 9.40. The van der Waals surface area contributed by atoms with E-state index in [-0.39, 0.29) is 21.9 Å². The molecule has 1 N–H and O–H groups in total. The number of hydrogen-bond donors (Lipinski definition) is 1. The van der Waals surface area contributed by atoms with E-state index in [2.05, 4.69) is 5.32 Å². The number of halogens is 1. The van der Waals surface area contributed by atoms with Gasteiger partial charge in [0.25, 0.3) is 5.91 Å². The molecule has 7 heteroatoms. The summed E-state index contributed by atoms with van der Waals surface area (Å²) in [6, 6.07) is 3.35. The SMILES string of the molecule is C[C@H](NC(=O)c1cc(S(=O)(=O)N(C)C)ccc1F)C12CC3CC(CC(C3)C1)C2. The summed E-state index contributed by atoms with van der Waals surface area (Å²) < 4.78 is 40.1. The Morgan fingerprint density at radius 2 is 1.68 bits per heavy atom. The second kappa shape index (κ2) is 6.80. The van der Waals surface area contributed by atoms with E-state index < -0.39 is 21.7 Å². The van der Waals surface area contributed by atoms with Crippen LogP contribution < -0.4 is 5.32 Å². The molecule has 0 radical (unpaired) electrons. The van der Waals surface area contributed by atoms with Crippen molar-refractivity contribution in [2.75, 3.05) is 14.1 Å². The number of amides is 1. The van der Waals surface area contributed by atoms with Crippen LogP contribution in [0.1, 0.15) is 55.8 Å². The van der Waals surface area contributed by atoms with Crippen LogP contribution in [0.3, 0.4) is 0 Å². The molecule has 5 rings (SSSR count). The monoisotopic (exact) mass is 408 g/mol. The van der Waals surface area contributed by atoms with Crippen molar-refractivity contribution in [3.63, 3.8) is 0 Å². The van der Waals surface area contributed by atoms with Crippen LogP contribution in [0, 0.1) is 29.0 Å². The Hall–Kier alpha value is -1.47. The van der Waals surface area contributed by atoms with E-state index in [0.29, 0.717) is 0 Å². The zero-order chi connectivity index (χ0) is 20.3. The quantitative estimate of drug-likeness (QED) is 0.812. The van der Waals surface area contributed by atoms with Crippen molar-refractivity contribution < 1.29 is 17.6 Å². The lowest BCUT2D eigenvalue weighted by molar-refractivity contribution is -0.0688. The van der Waals surface area contributed by atoms with Crippen LogP contribution in [0.5, 0.6) is 0 Å². The van der Waals surface area contributed by atoms with E-state index in [1.165, 1.54) is 39.4 Å². The Bertz CT molecular complexity index is 862. The predicted molar refractivity (Wildman–Crippen MR) is 105 cm³/mol. The molecule has 0 unspecified atom stereocenters. The first-order valence-electron chi connectivity index (χ1n) is 10.1. The number of nitrogens with zero attached hydrogens (tertiary/aromatic N) is 1. The van der Waals surface area contributed by atoms with Gasteiger partial charge in [0.15, 0.2) is 0 Å². The molecule has 0 saturated heterocycles. The fraction of sp³-hybridized carbons (Fsp3) is 0.667. The van der Waals surface area contributed by atoms with Gasteiger partial charge < -0.3 is 5.32 Å². The summed E-state index contributed by atoms with van der Waals surface area (Å²) in [5, 5.41) is 3.01. The van der Waals surface area contributed by atoms with Crippen LogP contribution in [0.2, 0.25) is 0 Å². The molecule has 1 aromatic rings. The summed E-state index contributed by atoms with van der Waals surface area (Å²) >= 11 is 0. The normalized spacial score (nSPS) is 32.5. The van der Waals surface area contributed by atoms with Gasteiger partial charge in [-0.1, -0.05) is 0 Å². The van der Waals surface area contributed by atoms with Crippen LogP contribution in [0.25, 0.3) is 0 Å². The van der Waals surface area contributed by atoms with Gasteiger partial charge in [-0.15, -0.1) is 0 Å². The highest BCUT2D eigenvalue weighted by molar-refractivity contribution is 7.89. The standard InChI is InChI=1S/C21H29FN2O3S/c1-13(21-10-14-6-15(11-21)8-16(7-14)12-21)23-20(25)18-9-17(4-5-19(18)22)28(26,27)24(2)3/h4-5,9,13-16H,6-8,10-12H2,1-3H3,(H,23,25)/t13-,14?,15?,16?,21?/m0/s1. The molecule has 0 spiro atoms. The number of carbonyl (C=O) groups is 1. The minimum atomic E-state index is -3.73. The number of nitrogens with one attached hydrogen (secondary N) is 1. The number of benzene rings is 1. The molecule has 4 aliphatic carbocycles. The second-order valence-corrected chi connectivity index (χ2v) is 11.6. The fourth-order valence-electron chi connectivity index (χ4n) is 6.19. The molecule has 4 fully saturated rings. The number of sulfonamides is 1. The van der Waals surface area contributed by atoms with Gasteiger partial charge in [0.05, 0.1) is 10.5 Å². The first kappa shape index (κ1) is 19.8. The molecule has 0 heterocycles. The highest BCUT2D eigenvalue weighted by Crippen LogP contribution is 2.61. The van der Waals surface area contributed by atoms with Crippen molar-refractivity contribution in [2.45, 2.75) is 56.4 Å². The smallest absolute Gasteiger partial charge is 0.254 e. The maximum absolute atomic E-state index is 14.4. The first-order valence-corrected chi connectivity index (χ1v) is 11.6. The van der Waals surface area contributed by atoms with Crippen molar-refractivity contribution in [1.82, 2.24) is 9.62 Å². The van der Waals surface area contributed by atoms with Crippen molar-refractivity contribution in [1.29, 1.82) is 0 Å². The minimum Gasteiger partial charge on any atom is -0.349 e. The van der Waals surface area contributed by atoms with Gasteiger partial charge in [-0.05, 0) is 86.8 Å². The first-order chi connectivity index (χ1) is 13.1. The molecule has 28 heavy (non-hydrogen) atoms. The minimum absolute atomic E-state index is 0.0538. The molecule has 1 aromatic carbocycles. The average Bonchev–Trinajstić information content (AvgIpc) is 2.60. The van der Waals surface area contributed by atoms with Gasteiger partial charge in [0.2, 0.25) is 10.0 Å². The molecule has 1 atom stereocenters. The van der Waals surface area contributed by atoms with Crippen molar-refractivity contribution in [3.05, 3.63) is 29.6 Å². The van der Waals surface area contributed by atoms with E-state index >= 15 is 0 Å². The van der Waals surface area contributed by atoms with E-state index in [0.717, 1.165) is 53.5 Å². The highest BCUT2D eigenvalue weighted by atomic mass is 32.2. The predicted octanol–water partition coefficient (Wildman–Crippen LogP) is 3.41. The molecule has 4 aliphatic rings. The maximum atomic E-state index is 14.4. The molecule has 154 valence electrons. The van der Waals surface area contributed by atoms with E-state index in [1.807, 2.05) is 6.92 Å². The summed E-state index contributed by atoms with van der Waals surface area (Å²) in [4.78, 5) is 12.8. The molecule has 5 nitrogen and oxygen atoms in total. The molecule has 1 amide bonds. The average molecular weight is 409 g/mol. The number of rotatable bonds is 5. The van der Waals surface area contributed by atoms with Gasteiger partial charge in [-0.25, -0.2) is 17.1 Å². The van der Waals surface area contributed by atoms with E-state index in [1.54, 1.807) is 0 Å². The Morgan fingerprint density at radius 3 is 2.18 bits per heavy atom. The molecule has 4 bridgehead atoms. The third-order valence-corrected chi connectivity index (χ3v) is 9.12. The summed E-state index contributed by atoms with van der Waals surface area (Å²) in [6.45, 7) is 2.03. The van der Waals surface area contributed by atoms with Gasteiger partial charge in [-0.2, -0.15) is 0 Å². The molecular weight excluding hydrogens is 379 g/mol. The summed E-state index contributed by atoms with van der Waals surface area (Å²) in [5.74, 6) is 1.05. The molecular formula is C21H29FN2O3S. The van der Waals surface area contributed by atoms with Gasteiger partial charge >= 0.3 is 0 Å². The van der Waals surface area contributed by atoms with E-state index in [4.69, 9.17) is 0 Å². The third kappa shape index (κ3) is 3.26. The lowest BCUT2D eigenvalue weighted by Crippen LogP contribution is -2.55. The van der Waals surface area contributed by atoms with E-state index in [9.17, 15) is 17.6 Å². The van der Waals surface area contributed by atoms with Crippen molar-refractivity contribution in [2.24, 2.45) is 23.2 Å². The van der Waals surface area contributed by atoms with Crippen LogP contribution >= 0.6 is 0 Å². The number of carbonyl (C=O) groups excluding carboxylic acids is 1. The van der Waals surface area contributed by atoms with Crippen LogP contribution in [-0.2, 0) is 10.0 Å². The van der Waals surface area contributed by atoms with Crippen molar-refractivity contribution in [3.8, 4) is 0 Å². The number of hydrogen-bond acceptors (Lipinski definition) is 3. The lowest BCUT2D eigenvalue weighted by Gasteiger charge is -2.59. The fourth-order valence-corrected chi connectivity index (χ4v) is 7.11. The summed E-state index contributed by atoms with van der Waals surface area (Å²) in [5.41, 5.74) is -0.103. The molecule has 0 aliphatic heterocycles. The zero-order valence-electron chi connectivity index (χ0n) is 16.7. The lowest BCUT2D eigenvalue weighted by atomic mass is 9.48. The Labute approximate surface area is 166 Å². The summed E-state index contributed by atoms with van der Waals surface area (Å²) in [6.07, 6.45) is 7.37. The van der Waals surface area contributed by atoms with Gasteiger partial charge in [0.1, 0.15) is 5.82 Å². The van der Waals surface area contributed by atoms with Crippen LogP contribution in [0.4, 0.5) is 4.39 Å². The largest absolute Gasteiger partial charge is 0.349 e. The Morgan fingerprint density at radius 1 is 1.14 bits per heavy atom. The zero-order valence-corrected chi connectivity index (χ0v) is 17.6. The molecule has 0 aromatic heterocycles. The van der Waals surface area contributed by atoms with Gasteiger partial charge in [-0.3, -0.25) is 4.79 Å². The Balaban J connectivity index is 1.56. The topological polar surface area (TPSA) is 66.5 Å². The van der Waals surface area contributed by atoms with Crippen LogP contribution in [0.15, 0.2) is 23.1 Å². The third-order valence-electron chi connectivity index (χ3n) is 7.31.